The first-order valence-electron chi connectivity index (χ1n) is 41.0. The molecule has 1 aliphatic rings. The van der Waals surface area contributed by atoms with Gasteiger partial charge in [-0.25, -0.2) is 26.3 Å². The van der Waals surface area contributed by atoms with Crippen LogP contribution in [0.4, 0.5) is 0 Å². The lowest BCUT2D eigenvalue weighted by Gasteiger charge is -2.35. The van der Waals surface area contributed by atoms with E-state index in [-0.39, 0.29) is 29.9 Å². The number of amidine groups is 1. The predicted molar refractivity (Wildman–Crippen MR) is 408 cm³/mol. The van der Waals surface area contributed by atoms with Gasteiger partial charge in [-0.1, -0.05) is 272 Å². The van der Waals surface area contributed by atoms with E-state index in [4.69, 9.17) is 0 Å². The number of carboxylic acids is 2. The van der Waals surface area contributed by atoms with Gasteiger partial charge in [0.15, 0.2) is 0 Å². The Morgan fingerprint density at radius 2 is 0.782 bits per heavy atom. The third-order valence-corrected chi connectivity index (χ3v) is 20.5. The van der Waals surface area contributed by atoms with Crippen molar-refractivity contribution in [3.8, 4) is 0 Å². The fourth-order valence-corrected chi connectivity index (χ4v) is 14.1. The lowest BCUT2D eigenvalue weighted by Crippen LogP contribution is -2.87. The van der Waals surface area contributed by atoms with Crippen molar-refractivity contribution in [2.24, 2.45) is 4.99 Å². The molecule has 3 unspecified atom stereocenters. The highest BCUT2D eigenvalue weighted by Gasteiger charge is 2.41. The van der Waals surface area contributed by atoms with Crippen molar-refractivity contribution >= 4 is 38.0 Å². The Morgan fingerprint density at radius 3 is 1.07 bits per heavy atom. The number of rotatable bonds is 68. The molecule has 21 nitrogen and oxygen atoms in total. The Bertz CT molecular complexity index is 2110. The van der Waals surface area contributed by atoms with Crippen LogP contribution in [0.25, 0.3) is 0 Å². The first-order chi connectivity index (χ1) is 48.1. The number of aliphatic imine (C=N–C) groups is 1. The van der Waals surface area contributed by atoms with Crippen LogP contribution in [-0.2, 0) is 34.7 Å². The molecule has 0 amide bonds. The minimum absolute atomic E-state index is 0.000564. The molecule has 0 saturated carbocycles. The number of hydrogen-bond acceptors (Lipinski definition) is 16. The second kappa shape index (κ2) is 73.1. The summed E-state index contributed by atoms with van der Waals surface area (Å²) < 4.78 is 65.0. The van der Waals surface area contributed by atoms with Crippen molar-refractivity contribution in [3.63, 3.8) is 0 Å². The van der Waals surface area contributed by atoms with E-state index < -0.39 is 55.9 Å². The molecule has 1 aliphatic heterocycles. The second-order valence-corrected chi connectivity index (χ2v) is 33.1. The number of carboxylic acid groups (broad SMARTS) is 2. The largest absolute Gasteiger partial charge is 0.748 e. The molecule has 23 heteroatoms. The van der Waals surface area contributed by atoms with Gasteiger partial charge in [0, 0.05) is 25.4 Å². The molecule has 101 heavy (non-hydrogen) atoms. The number of nitrogens with zero attached hydrogens (tertiary/aromatic N) is 4. The van der Waals surface area contributed by atoms with Crippen LogP contribution in [0.3, 0.4) is 0 Å². The standard InChI is InChI=1S/C19H36N2O3.C17H37NO4S.C15H31NO2.C14H29NO2.C13H29NO4S/c1-3-4-5-6-7-8-9-10-11-12-13-19-20-14-15-21(19,16-17-22)18(2)24-23;1-4-5-6-7-8-9-10-11-12-13-14-18(2,3)15-17(19)16-23(20,21)22;1-2-3-4-5-6-7-8-9-10-11-13-16-14-12-15(17)18;1-2-3-4-5-6-7-8-9-10-11-12-15-13-14(16)17;1-4-5-6-7-8-9-10-14(2,3)11-13(15)12-19(16,17)18/h22H,2-17H2,1H3;17,19H,4-16H2,1-3H3;16H,2-14H2,1H3,(H,17,18);15H,2-13H2,1H3,(H,16,17);13,15H,4-12H2,1-3H3. The van der Waals surface area contributed by atoms with Gasteiger partial charge in [0.1, 0.15) is 44.9 Å². The Balaban J connectivity index is -0.000000586. The number of hydrogen-bond donors (Lipinski definition) is 5. The van der Waals surface area contributed by atoms with Gasteiger partial charge < -0.3 is 74.0 Å². The Hall–Kier alpha value is -2.39. The maximum atomic E-state index is 10.8. The lowest BCUT2D eigenvalue weighted by atomic mass is 10.1. The smallest absolute Gasteiger partial charge is 0.284 e. The van der Waals surface area contributed by atoms with E-state index in [1.54, 1.807) is 0 Å². The van der Waals surface area contributed by atoms with Crippen LogP contribution in [0.5, 0.6) is 0 Å². The van der Waals surface area contributed by atoms with Crippen LogP contribution in [-0.4, -0.2) is 203 Å². The summed E-state index contributed by atoms with van der Waals surface area (Å²) in [4.78, 5) is 29.0. The molecule has 0 aromatic carbocycles. The number of carbonyl (C=O) groups excluding carboxylic acids is 2. The maximum Gasteiger partial charge on any atom is 0.284 e. The van der Waals surface area contributed by atoms with E-state index >= 15 is 0 Å². The fourth-order valence-electron chi connectivity index (χ4n) is 12.9. The van der Waals surface area contributed by atoms with Gasteiger partial charge in [0.05, 0.1) is 112 Å². The van der Waals surface area contributed by atoms with Crippen molar-refractivity contribution in [3.05, 3.63) is 12.5 Å². The summed E-state index contributed by atoms with van der Waals surface area (Å²) in [5.41, 5.74) is 0. The molecular formula is C78H162N6O15S2. The quantitative estimate of drug-likeness (QED) is 0.00944. The molecule has 0 radical (unpaired) electrons. The third-order valence-electron chi connectivity index (χ3n) is 18.9. The topological polar surface area (TPSA) is 333 Å². The van der Waals surface area contributed by atoms with Crippen molar-refractivity contribution in [2.45, 2.75) is 355 Å². The highest BCUT2D eigenvalue weighted by molar-refractivity contribution is 7.86. The van der Waals surface area contributed by atoms with E-state index in [0.29, 0.717) is 48.2 Å². The number of aliphatic carboxylic acids is 2. The van der Waals surface area contributed by atoms with Crippen LogP contribution in [0.15, 0.2) is 17.5 Å². The zero-order chi connectivity index (χ0) is 76.6. The second-order valence-electron chi connectivity index (χ2n) is 30.2. The molecule has 0 spiro atoms. The summed E-state index contributed by atoms with van der Waals surface area (Å²) in [6.07, 6.45) is 58.7. The molecule has 0 saturated heterocycles. The number of likely N-dealkylation sites (N-methyl/N-ethyl adjacent to an activating group) is 2. The van der Waals surface area contributed by atoms with E-state index in [0.717, 1.165) is 70.5 Å². The van der Waals surface area contributed by atoms with E-state index in [2.05, 4.69) is 56.4 Å². The third kappa shape index (κ3) is 80.0. The van der Waals surface area contributed by atoms with Gasteiger partial charge in [-0.05, 0) is 57.8 Å². The summed E-state index contributed by atoms with van der Waals surface area (Å²) >= 11 is 0. The monoisotopic (exact) mass is 1490 g/mol. The SMILES string of the molecule is C=C(O[O-])[N+]1(CCO)CCN=C1CCCCCCCCCCCC.CCCCCCCCCCCC[N+](C)(C)CC(O)CS(=O)(=O)[O-].CCCCCCCCCCCC[NH2+]CC(=O)[O-].CCCCCCCCCCCC[NH2+]CCC(=O)[O-].CCCCCCCC[N+](C)(C)CC(O)CS(=O)(=O)[O-]. The van der Waals surface area contributed by atoms with Crippen LogP contribution < -0.4 is 26.1 Å². The van der Waals surface area contributed by atoms with Crippen LogP contribution in [0, 0.1) is 0 Å². The van der Waals surface area contributed by atoms with Gasteiger partial charge in [-0.2, -0.15) is 0 Å². The Morgan fingerprint density at radius 1 is 0.485 bits per heavy atom. The van der Waals surface area contributed by atoms with Gasteiger partial charge in [-0.15, -0.1) is 0 Å². The highest BCUT2D eigenvalue weighted by Crippen LogP contribution is 2.26. The first kappa shape index (κ1) is 105. The minimum Gasteiger partial charge on any atom is -0.748 e. The van der Waals surface area contributed by atoms with Crippen LogP contribution in [0.2, 0.25) is 0 Å². The molecule has 0 bridgehead atoms. The van der Waals surface area contributed by atoms with E-state index in [1.165, 1.54) is 263 Å². The zero-order valence-electron chi connectivity index (χ0n) is 66.7. The van der Waals surface area contributed by atoms with Gasteiger partial charge >= 0.3 is 0 Å². The molecule has 0 aromatic rings. The summed E-state index contributed by atoms with van der Waals surface area (Å²) in [5.74, 6) is -2.17. The molecule has 0 aliphatic carbocycles. The number of quaternary nitrogens is 5. The van der Waals surface area contributed by atoms with Crippen molar-refractivity contribution in [1.29, 1.82) is 0 Å². The Labute approximate surface area is 620 Å². The fraction of sp³-hybridized carbons (Fsp3) is 0.936. The highest BCUT2D eigenvalue weighted by atomic mass is 32.2. The van der Waals surface area contributed by atoms with Crippen LogP contribution in [0.1, 0.15) is 343 Å². The molecule has 3 atom stereocenters. The average molecular weight is 1490 g/mol. The zero-order valence-corrected chi connectivity index (χ0v) is 68.3. The minimum atomic E-state index is -4.35. The molecule has 1 rings (SSSR count). The van der Waals surface area contributed by atoms with Gasteiger partial charge in [0.2, 0.25) is 5.84 Å². The predicted octanol–water partition coefficient (Wildman–Crippen LogP) is 10.3. The number of aliphatic hydroxyl groups excluding tert-OH is 3. The van der Waals surface area contributed by atoms with E-state index in [9.17, 15) is 66.3 Å². The van der Waals surface area contributed by atoms with Gasteiger partial charge in [-0.3, -0.25) is 0 Å². The molecule has 0 aromatic heterocycles. The number of unbranched alkanes of at least 4 members (excludes halogenated alkanes) is 41. The van der Waals surface area contributed by atoms with Crippen molar-refractivity contribution in [2.75, 3.05) is 118 Å². The summed E-state index contributed by atoms with van der Waals surface area (Å²) in [6, 6.07) is 0. The van der Waals surface area contributed by atoms with Crippen molar-refractivity contribution in [1.82, 2.24) is 0 Å². The van der Waals surface area contributed by atoms with Crippen molar-refractivity contribution < 1.29 is 95.3 Å². The van der Waals surface area contributed by atoms with E-state index in [1.807, 2.05) is 33.5 Å². The lowest BCUT2D eigenvalue weighted by molar-refractivity contribution is -0.893. The number of carbonyl (C=O) groups is 2. The van der Waals surface area contributed by atoms with Crippen LogP contribution >= 0.6 is 0 Å². The van der Waals surface area contributed by atoms with Gasteiger partial charge in [0.25, 0.3) is 5.88 Å². The summed E-state index contributed by atoms with van der Waals surface area (Å²) in [7, 11) is -0.856. The number of aliphatic hydroxyl groups is 3. The molecule has 606 valence electrons. The normalized spacial score (nSPS) is 14.5. The molecule has 7 N–H and O–H groups in total. The summed E-state index contributed by atoms with van der Waals surface area (Å²) in [5, 5.41) is 63.7. The molecule has 1 heterocycles. The first-order valence-corrected chi connectivity index (χ1v) is 44.1. The molecular weight excluding hydrogens is 1330 g/mol. The molecule has 0 fully saturated rings. The number of nitrogens with two attached hydrogens (primary N) is 2. The average Bonchev–Trinajstić information content (AvgIpc) is 1.67. The maximum absolute atomic E-state index is 10.8. The summed E-state index contributed by atoms with van der Waals surface area (Å²) in [6.45, 7) is 21.8. The Kier molecular flexibility index (Phi) is 76.0.